The Hall–Kier alpha value is -1.99. The molecule has 2 N–H and O–H groups in total. The molecule has 0 aromatic heterocycles. The third-order valence-electron chi connectivity index (χ3n) is 6.03. The van der Waals surface area contributed by atoms with Gasteiger partial charge in [0.05, 0.1) is 14.2 Å². The maximum atomic E-state index is 5.40. The number of methoxy groups -OCH3 is 2. The van der Waals surface area contributed by atoms with Crippen LogP contribution in [0.2, 0.25) is 0 Å². The molecule has 2 heterocycles. The molecule has 2 unspecified atom stereocenters. The van der Waals surface area contributed by atoms with Crippen LogP contribution in [0.3, 0.4) is 0 Å². The third-order valence-corrected chi connectivity index (χ3v) is 6.03. The smallest absolute Gasteiger partial charge is 0.191 e. The Kier molecular flexibility index (Phi) is 8.00. The second-order valence-electron chi connectivity index (χ2n) is 8.09. The molecule has 0 spiro atoms. The Morgan fingerprint density at radius 2 is 1.79 bits per heavy atom. The average molecular weight is 404 g/mol. The lowest BCUT2D eigenvalue weighted by Crippen LogP contribution is -2.46. The third kappa shape index (κ3) is 6.24. The summed E-state index contributed by atoms with van der Waals surface area (Å²) < 4.78 is 10.8. The van der Waals surface area contributed by atoms with E-state index in [1.165, 1.54) is 25.1 Å². The van der Waals surface area contributed by atoms with Crippen molar-refractivity contribution in [1.82, 2.24) is 20.4 Å². The van der Waals surface area contributed by atoms with E-state index in [1.807, 2.05) is 13.1 Å². The maximum Gasteiger partial charge on any atom is 0.191 e. The van der Waals surface area contributed by atoms with E-state index >= 15 is 0 Å². The molecule has 2 saturated heterocycles. The molecule has 162 valence electrons. The van der Waals surface area contributed by atoms with Crippen molar-refractivity contribution in [3.8, 4) is 11.5 Å². The average Bonchev–Trinajstić information content (AvgIpc) is 3.39. The van der Waals surface area contributed by atoms with Gasteiger partial charge in [-0.3, -0.25) is 9.89 Å². The molecule has 0 aliphatic carbocycles. The fraction of sp³-hybridized carbons (Fsp3) is 0.682. The van der Waals surface area contributed by atoms with Crippen molar-refractivity contribution in [2.75, 3.05) is 60.5 Å². The molecule has 3 rings (SSSR count). The van der Waals surface area contributed by atoms with E-state index in [9.17, 15) is 0 Å². The second kappa shape index (κ2) is 10.7. The molecule has 0 amide bonds. The fourth-order valence-corrected chi connectivity index (χ4v) is 4.31. The van der Waals surface area contributed by atoms with Gasteiger partial charge in [0.15, 0.2) is 5.96 Å². The number of aliphatic imine (C=N–C) groups is 1. The molecule has 1 aromatic rings. The highest BCUT2D eigenvalue weighted by Crippen LogP contribution is 2.24. The minimum atomic E-state index is 0.421. The lowest BCUT2D eigenvalue weighted by atomic mass is 10.1. The quantitative estimate of drug-likeness (QED) is 0.510. The maximum absolute atomic E-state index is 5.40. The zero-order chi connectivity index (χ0) is 20.6. The van der Waals surface area contributed by atoms with Crippen LogP contribution in [-0.2, 0) is 6.54 Å². The molecule has 2 aliphatic rings. The number of benzene rings is 1. The van der Waals surface area contributed by atoms with E-state index in [4.69, 9.17) is 9.47 Å². The van der Waals surface area contributed by atoms with Gasteiger partial charge in [0.1, 0.15) is 11.5 Å². The molecule has 29 heavy (non-hydrogen) atoms. The number of rotatable bonds is 8. The van der Waals surface area contributed by atoms with Crippen molar-refractivity contribution in [2.45, 2.75) is 32.4 Å². The van der Waals surface area contributed by atoms with Crippen molar-refractivity contribution in [2.24, 2.45) is 10.9 Å². The largest absolute Gasteiger partial charge is 0.497 e. The number of likely N-dealkylation sites (tertiary alicyclic amines) is 2. The molecule has 0 radical (unpaired) electrons. The number of ether oxygens (including phenoxy) is 2. The first-order valence-electron chi connectivity index (χ1n) is 10.8. The van der Waals surface area contributed by atoms with Crippen LogP contribution in [0.15, 0.2) is 23.2 Å². The van der Waals surface area contributed by atoms with Crippen molar-refractivity contribution < 1.29 is 9.47 Å². The Balaban J connectivity index is 1.45. The molecule has 1 aromatic carbocycles. The molecule has 2 atom stereocenters. The number of nitrogens with one attached hydrogen (secondary N) is 2. The number of nitrogens with zero attached hydrogens (tertiary/aromatic N) is 3. The number of hydrogen-bond donors (Lipinski definition) is 2. The lowest BCUT2D eigenvalue weighted by molar-refractivity contribution is 0.321. The molecule has 2 aliphatic heterocycles. The first kappa shape index (κ1) is 21.7. The van der Waals surface area contributed by atoms with Crippen LogP contribution in [0.4, 0.5) is 0 Å². The summed E-state index contributed by atoms with van der Waals surface area (Å²) in [7, 11) is 5.24. The molecular weight excluding hydrogens is 366 g/mol. The first-order chi connectivity index (χ1) is 14.1. The lowest BCUT2D eigenvalue weighted by Gasteiger charge is -2.20. The highest BCUT2D eigenvalue weighted by Gasteiger charge is 2.25. The standard InChI is InChI=1S/C22H37N5O2/c1-5-26-8-6-17(14-26)13-24-22(23-2)25-19-7-9-27(16-19)15-18-10-20(28-3)12-21(11-18)29-4/h10-12,17,19H,5-9,13-16H2,1-4H3,(H2,23,24,25). The van der Waals surface area contributed by atoms with Crippen molar-refractivity contribution in [1.29, 1.82) is 0 Å². The molecule has 2 fully saturated rings. The van der Waals surface area contributed by atoms with Crippen LogP contribution in [0.1, 0.15) is 25.3 Å². The summed E-state index contributed by atoms with van der Waals surface area (Å²) in [6.45, 7) is 9.78. The van der Waals surface area contributed by atoms with Gasteiger partial charge in [-0.2, -0.15) is 0 Å². The van der Waals surface area contributed by atoms with Gasteiger partial charge in [-0.15, -0.1) is 0 Å². The van der Waals surface area contributed by atoms with Crippen LogP contribution < -0.4 is 20.1 Å². The topological polar surface area (TPSA) is 61.4 Å². The van der Waals surface area contributed by atoms with Crippen molar-refractivity contribution in [3.63, 3.8) is 0 Å². The fourth-order valence-electron chi connectivity index (χ4n) is 4.31. The first-order valence-corrected chi connectivity index (χ1v) is 10.8. The van der Waals surface area contributed by atoms with E-state index in [2.05, 4.69) is 44.5 Å². The van der Waals surface area contributed by atoms with Crippen molar-refractivity contribution in [3.05, 3.63) is 23.8 Å². The highest BCUT2D eigenvalue weighted by atomic mass is 16.5. The summed E-state index contributed by atoms with van der Waals surface area (Å²) >= 11 is 0. The van der Waals surface area contributed by atoms with Crippen LogP contribution in [0.25, 0.3) is 0 Å². The molecular formula is C22H37N5O2. The second-order valence-corrected chi connectivity index (χ2v) is 8.09. The van der Waals surface area contributed by atoms with Gasteiger partial charge in [0.25, 0.3) is 0 Å². The van der Waals surface area contributed by atoms with Gasteiger partial charge in [-0.25, -0.2) is 0 Å². The number of hydrogen-bond acceptors (Lipinski definition) is 5. The minimum Gasteiger partial charge on any atom is -0.497 e. The van der Waals surface area contributed by atoms with Gasteiger partial charge >= 0.3 is 0 Å². The zero-order valence-electron chi connectivity index (χ0n) is 18.4. The van der Waals surface area contributed by atoms with Gasteiger partial charge in [-0.1, -0.05) is 6.92 Å². The zero-order valence-corrected chi connectivity index (χ0v) is 18.4. The Labute approximate surface area is 175 Å². The van der Waals surface area contributed by atoms with Crippen molar-refractivity contribution >= 4 is 5.96 Å². The monoisotopic (exact) mass is 403 g/mol. The number of guanidine groups is 1. The predicted octanol–water partition coefficient (Wildman–Crippen LogP) is 1.78. The normalized spacial score (nSPS) is 23.4. The summed E-state index contributed by atoms with van der Waals surface area (Å²) in [5.74, 6) is 3.32. The summed E-state index contributed by atoms with van der Waals surface area (Å²) in [4.78, 5) is 9.42. The summed E-state index contributed by atoms with van der Waals surface area (Å²) in [6.07, 6.45) is 2.40. The van der Waals surface area contributed by atoms with E-state index in [0.29, 0.717) is 6.04 Å². The van der Waals surface area contributed by atoms with E-state index in [0.717, 1.165) is 62.5 Å². The van der Waals surface area contributed by atoms with Crippen LogP contribution in [-0.4, -0.2) is 82.3 Å². The van der Waals surface area contributed by atoms with Gasteiger partial charge in [-0.05, 0) is 49.5 Å². The molecule has 0 saturated carbocycles. The van der Waals surface area contributed by atoms with Crippen LogP contribution >= 0.6 is 0 Å². The SMILES string of the molecule is CCN1CCC(CNC(=NC)NC2CCN(Cc3cc(OC)cc(OC)c3)C2)C1. The van der Waals surface area contributed by atoms with Gasteiger partial charge < -0.3 is 25.0 Å². The summed E-state index contributed by atoms with van der Waals surface area (Å²) in [5.41, 5.74) is 1.21. The van der Waals surface area contributed by atoms with E-state index in [-0.39, 0.29) is 0 Å². The predicted molar refractivity (Wildman–Crippen MR) is 118 cm³/mol. The van der Waals surface area contributed by atoms with Crippen LogP contribution in [0.5, 0.6) is 11.5 Å². The molecule has 7 nitrogen and oxygen atoms in total. The summed E-state index contributed by atoms with van der Waals surface area (Å²) in [5, 5.41) is 7.15. The summed E-state index contributed by atoms with van der Waals surface area (Å²) in [6, 6.07) is 6.51. The van der Waals surface area contributed by atoms with Gasteiger partial charge in [0.2, 0.25) is 0 Å². The Bertz CT molecular complexity index is 659. The Morgan fingerprint density at radius 3 is 2.41 bits per heavy atom. The minimum absolute atomic E-state index is 0.421. The van der Waals surface area contributed by atoms with E-state index < -0.39 is 0 Å². The Morgan fingerprint density at radius 1 is 1.07 bits per heavy atom. The van der Waals surface area contributed by atoms with Crippen LogP contribution in [0, 0.1) is 5.92 Å². The van der Waals surface area contributed by atoms with E-state index in [1.54, 1.807) is 14.2 Å². The molecule has 7 heteroatoms. The molecule has 0 bridgehead atoms. The highest BCUT2D eigenvalue weighted by molar-refractivity contribution is 5.80. The van der Waals surface area contributed by atoms with Gasteiger partial charge in [0, 0.05) is 51.9 Å².